The zero-order chi connectivity index (χ0) is 10.7. The molecule has 1 aromatic carbocycles. The van der Waals surface area contributed by atoms with Gasteiger partial charge in [0.15, 0.2) is 11.5 Å². The van der Waals surface area contributed by atoms with E-state index >= 15 is 0 Å². The molecule has 0 saturated carbocycles. The van der Waals surface area contributed by atoms with E-state index in [2.05, 4.69) is 5.32 Å². The molecule has 4 nitrogen and oxygen atoms in total. The van der Waals surface area contributed by atoms with Crippen LogP contribution in [0, 0.1) is 0 Å². The van der Waals surface area contributed by atoms with Crippen molar-refractivity contribution < 1.29 is 14.6 Å². The van der Waals surface area contributed by atoms with E-state index in [0.29, 0.717) is 12.4 Å². The second kappa shape index (κ2) is 4.51. The largest absolute Gasteiger partial charge is 0.504 e. The van der Waals surface area contributed by atoms with Gasteiger partial charge in [0.25, 0.3) is 0 Å². The van der Waals surface area contributed by atoms with E-state index in [1.807, 2.05) is 6.07 Å². The van der Waals surface area contributed by atoms with Gasteiger partial charge in [0.2, 0.25) is 0 Å². The number of rotatable bonds is 2. The molecule has 4 heteroatoms. The van der Waals surface area contributed by atoms with Crippen molar-refractivity contribution in [2.45, 2.75) is 6.10 Å². The molecule has 1 aliphatic rings. The number of phenolic OH excluding ortho intramolecular Hbond substituents is 1. The summed E-state index contributed by atoms with van der Waals surface area (Å²) in [5, 5.41) is 12.9. The number of ether oxygens (including phenoxy) is 2. The van der Waals surface area contributed by atoms with Crippen LogP contribution in [0.2, 0.25) is 0 Å². The Morgan fingerprint density at radius 3 is 3.00 bits per heavy atom. The minimum atomic E-state index is 0.0237. The van der Waals surface area contributed by atoms with E-state index in [9.17, 15) is 5.11 Å². The summed E-state index contributed by atoms with van der Waals surface area (Å²) in [6.45, 7) is 2.38. The average molecular weight is 209 g/mol. The second-order valence-corrected chi connectivity index (χ2v) is 3.49. The molecule has 1 heterocycles. The number of methoxy groups -OCH3 is 1. The maximum Gasteiger partial charge on any atom is 0.160 e. The fourth-order valence-corrected chi connectivity index (χ4v) is 1.69. The number of aromatic hydroxyl groups is 1. The summed E-state index contributed by atoms with van der Waals surface area (Å²) < 4.78 is 10.6. The number of benzene rings is 1. The van der Waals surface area contributed by atoms with Crippen LogP contribution in [-0.2, 0) is 4.74 Å². The summed E-state index contributed by atoms with van der Waals surface area (Å²) >= 11 is 0. The number of phenols is 1. The molecule has 15 heavy (non-hydrogen) atoms. The van der Waals surface area contributed by atoms with Crippen LogP contribution in [0.3, 0.4) is 0 Å². The topological polar surface area (TPSA) is 50.7 Å². The van der Waals surface area contributed by atoms with Crippen molar-refractivity contribution in [3.8, 4) is 11.5 Å². The molecule has 0 amide bonds. The first-order valence-corrected chi connectivity index (χ1v) is 5.00. The van der Waals surface area contributed by atoms with Crippen molar-refractivity contribution in [3.63, 3.8) is 0 Å². The van der Waals surface area contributed by atoms with Crippen molar-refractivity contribution in [2.24, 2.45) is 0 Å². The highest BCUT2D eigenvalue weighted by molar-refractivity contribution is 5.42. The van der Waals surface area contributed by atoms with Crippen molar-refractivity contribution in [3.05, 3.63) is 23.8 Å². The molecule has 2 N–H and O–H groups in total. The fraction of sp³-hybridized carbons (Fsp3) is 0.455. The first kappa shape index (κ1) is 10.3. The van der Waals surface area contributed by atoms with Crippen LogP contribution in [0.1, 0.15) is 11.7 Å². The monoisotopic (exact) mass is 209 g/mol. The van der Waals surface area contributed by atoms with E-state index in [-0.39, 0.29) is 11.9 Å². The molecule has 1 aromatic rings. The summed E-state index contributed by atoms with van der Waals surface area (Å²) in [5.41, 5.74) is 0.973. The third kappa shape index (κ3) is 2.22. The molecule has 0 aromatic heterocycles. The lowest BCUT2D eigenvalue weighted by Crippen LogP contribution is -2.33. The zero-order valence-electron chi connectivity index (χ0n) is 8.69. The SMILES string of the molecule is COc1ccc(C2CNCCO2)cc1O. The van der Waals surface area contributed by atoms with Gasteiger partial charge in [-0.25, -0.2) is 0 Å². The number of morpholine rings is 1. The molecule has 0 spiro atoms. The maximum atomic E-state index is 9.62. The zero-order valence-corrected chi connectivity index (χ0v) is 8.69. The summed E-state index contributed by atoms with van der Waals surface area (Å²) in [6, 6.07) is 5.36. The Kier molecular flexibility index (Phi) is 3.08. The first-order valence-electron chi connectivity index (χ1n) is 5.00. The van der Waals surface area contributed by atoms with Crippen LogP contribution < -0.4 is 10.1 Å². The van der Waals surface area contributed by atoms with Gasteiger partial charge in [-0.05, 0) is 17.7 Å². The highest BCUT2D eigenvalue weighted by Crippen LogP contribution is 2.30. The predicted molar refractivity (Wildman–Crippen MR) is 56.2 cm³/mol. The van der Waals surface area contributed by atoms with Crippen molar-refractivity contribution in [1.29, 1.82) is 0 Å². The van der Waals surface area contributed by atoms with Gasteiger partial charge in [-0.1, -0.05) is 6.07 Å². The third-order valence-corrected chi connectivity index (χ3v) is 2.50. The average Bonchev–Trinajstić information content (AvgIpc) is 2.30. The van der Waals surface area contributed by atoms with Crippen LogP contribution in [0.25, 0.3) is 0 Å². The summed E-state index contributed by atoms with van der Waals surface area (Å²) in [6.07, 6.45) is 0.0237. The van der Waals surface area contributed by atoms with Gasteiger partial charge < -0.3 is 19.9 Å². The number of hydrogen-bond acceptors (Lipinski definition) is 4. The standard InChI is InChI=1S/C11H15NO3/c1-14-10-3-2-8(6-9(10)13)11-7-12-4-5-15-11/h2-3,6,11-13H,4-5,7H2,1H3. The lowest BCUT2D eigenvalue weighted by atomic mass is 10.1. The van der Waals surface area contributed by atoms with E-state index < -0.39 is 0 Å². The molecule has 1 saturated heterocycles. The van der Waals surface area contributed by atoms with Gasteiger partial charge >= 0.3 is 0 Å². The molecule has 82 valence electrons. The molecule has 1 atom stereocenters. The minimum Gasteiger partial charge on any atom is -0.504 e. The number of nitrogens with one attached hydrogen (secondary N) is 1. The summed E-state index contributed by atoms with van der Waals surface area (Å²) in [7, 11) is 1.54. The number of hydrogen-bond donors (Lipinski definition) is 2. The van der Waals surface area contributed by atoms with Crippen LogP contribution >= 0.6 is 0 Å². The molecule has 0 bridgehead atoms. The van der Waals surface area contributed by atoms with Gasteiger partial charge in [-0.3, -0.25) is 0 Å². The van der Waals surface area contributed by atoms with Gasteiger partial charge in [0.05, 0.1) is 19.8 Å². The molecular weight excluding hydrogens is 194 g/mol. The van der Waals surface area contributed by atoms with E-state index in [1.165, 1.54) is 7.11 Å². The second-order valence-electron chi connectivity index (χ2n) is 3.49. The molecule has 2 rings (SSSR count). The fourth-order valence-electron chi connectivity index (χ4n) is 1.69. The Bertz CT molecular complexity index is 335. The van der Waals surface area contributed by atoms with Gasteiger partial charge in [0.1, 0.15) is 0 Å². The molecule has 1 aliphatic heterocycles. The molecule has 1 unspecified atom stereocenters. The highest BCUT2D eigenvalue weighted by Gasteiger charge is 2.16. The van der Waals surface area contributed by atoms with Crippen LogP contribution in [-0.4, -0.2) is 31.9 Å². The van der Waals surface area contributed by atoms with E-state index in [0.717, 1.165) is 18.7 Å². The van der Waals surface area contributed by atoms with Crippen LogP contribution in [0.15, 0.2) is 18.2 Å². The molecular formula is C11H15NO3. The minimum absolute atomic E-state index is 0.0237. The Labute approximate surface area is 88.8 Å². The quantitative estimate of drug-likeness (QED) is 0.764. The summed E-state index contributed by atoms with van der Waals surface area (Å²) in [4.78, 5) is 0. The van der Waals surface area contributed by atoms with Crippen LogP contribution in [0.5, 0.6) is 11.5 Å². The Morgan fingerprint density at radius 2 is 2.40 bits per heavy atom. The van der Waals surface area contributed by atoms with E-state index in [4.69, 9.17) is 9.47 Å². The molecule has 0 radical (unpaired) electrons. The summed E-state index contributed by atoms with van der Waals surface area (Å²) in [5.74, 6) is 0.645. The van der Waals surface area contributed by atoms with Gasteiger partial charge in [-0.2, -0.15) is 0 Å². The first-order chi connectivity index (χ1) is 7.31. The van der Waals surface area contributed by atoms with Crippen molar-refractivity contribution in [1.82, 2.24) is 5.32 Å². The van der Waals surface area contributed by atoms with Crippen LogP contribution in [0.4, 0.5) is 0 Å². The smallest absolute Gasteiger partial charge is 0.160 e. The van der Waals surface area contributed by atoms with Gasteiger partial charge in [0, 0.05) is 13.1 Å². The van der Waals surface area contributed by atoms with Crippen molar-refractivity contribution >= 4 is 0 Å². The third-order valence-electron chi connectivity index (χ3n) is 2.50. The molecule has 1 fully saturated rings. The normalized spacial score (nSPS) is 21.3. The maximum absolute atomic E-state index is 9.62. The predicted octanol–water partition coefficient (Wildman–Crippen LogP) is 1.06. The Morgan fingerprint density at radius 1 is 1.53 bits per heavy atom. The molecule has 0 aliphatic carbocycles. The lowest BCUT2D eigenvalue weighted by Gasteiger charge is -2.24. The highest BCUT2D eigenvalue weighted by atomic mass is 16.5. The van der Waals surface area contributed by atoms with E-state index in [1.54, 1.807) is 12.1 Å². The Hall–Kier alpha value is -1.26. The lowest BCUT2D eigenvalue weighted by molar-refractivity contribution is 0.0275. The Balaban J connectivity index is 2.17. The van der Waals surface area contributed by atoms with Crippen molar-refractivity contribution in [2.75, 3.05) is 26.8 Å². The van der Waals surface area contributed by atoms with Gasteiger partial charge in [-0.15, -0.1) is 0 Å².